The molecule has 1 atom stereocenters. The first kappa shape index (κ1) is 14.1. The summed E-state index contributed by atoms with van der Waals surface area (Å²) in [4.78, 5) is 11.9. The number of rotatable bonds is 4. The van der Waals surface area contributed by atoms with Crippen molar-refractivity contribution < 1.29 is 9.18 Å². The normalized spacial score (nSPS) is 11.9. The molecule has 0 bridgehead atoms. The second-order valence-corrected chi connectivity index (χ2v) is 4.76. The Morgan fingerprint density at radius 2 is 1.95 bits per heavy atom. The fourth-order valence-electron chi connectivity index (χ4n) is 2.02. The van der Waals surface area contributed by atoms with Crippen LogP contribution in [0.1, 0.15) is 24.1 Å². The Hall–Kier alpha value is -2.36. The third-order valence-electron chi connectivity index (χ3n) is 3.06. The lowest BCUT2D eigenvalue weighted by atomic mass is 10.1. The first-order valence-corrected chi connectivity index (χ1v) is 6.44. The van der Waals surface area contributed by atoms with Crippen molar-refractivity contribution in [3.63, 3.8) is 0 Å². The van der Waals surface area contributed by atoms with Gasteiger partial charge in [0.05, 0.1) is 12.5 Å². The maximum absolute atomic E-state index is 12.8. The van der Waals surface area contributed by atoms with Crippen molar-refractivity contribution in [1.29, 1.82) is 0 Å². The molecule has 0 aliphatic carbocycles. The van der Waals surface area contributed by atoms with Gasteiger partial charge in [0.25, 0.3) is 0 Å². The molecule has 4 heteroatoms. The standard InChI is InChI=1S/C16H17FN2O/c1-11(13-5-7-14(17)8-6-13)19-16(20)10-12-3-2-4-15(18)9-12/h2-9,11H,10,18H2,1H3,(H,19,20)/t11-/m1/s1. The van der Waals surface area contributed by atoms with Gasteiger partial charge in [0.1, 0.15) is 5.82 Å². The van der Waals surface area contributed by atoms with Crippen LogP contribution in [0.4, 0.5) is 10.1 Å². The molecule has 0 aromatic heterocycles. The molecule has 0 heterocycles. The summed E-state index contributed by atoms with van der Waals surface area (Å²) in [6.45, 7) is 1.87. The maximum atomic E-state index is 12.8. The zero-order valence-electron chi connectivity index (χ0n) is 11.3. The van der Waals surface area contributed by atoms with Crippen molar-refractivity contribution >= 4 is 11.6 Å². The Balaban J connectivity index is 1.95. The smallest absolute Gasteiger partial charge is 0.224 e. The number of nitrogen functional groups attached to an aromatic ring is 1. The number of hydrogen-bond donors (Lipinski definition) is 2. The molecule has 3 N–H and O–H groups in total. The third-order valence-corrected chi connectivity index (χ3v) is 3.06. The Bertz CT molecular complexity index is 596. The molecule has 0 radical (unpaired) electrons. The highest BCUT2D eigenvalue weighted by Crippen LogP contribution is 2.13. The van der Waals surface area contributed by atoms with Crippen LogP contribution in [0.5, 0.6) is 0 Å². The van der Waals surface area contributed by atoms with Crippen LogP contribution in [0.3, 0.4) is 0 Å². The van der Waals surface area contributed by atoms with E-state index in [-0.39, 0.29) is 24.2 Å². The Kier molecular flexibility index (Phi) is 4.35. The minimum Gasteiger partial charge on any atom is -0.399 e. The highest BCUT2D eigenvalue weighted by Gasteiger charge is 2.10. The lowest BCUT2D eigenvalue weighted by Crippen LogP contribution is -2.28. The highest BCUT2D eigenvalue weighted by molar-refractivity contribution is 5.79. The number of nitrogens with two attached hydrogens (primary N) is 1. The summed E-state index contributed by atoms with van der Waals surface area (Å²) in [5, 5.41) is 2.88. The minimum atomic E-state index is -0.285. The summed E-state index contributed by atoms with van der Waals surface area (Å²) >= 11 is 0. The number of hydrogen-bond acceptors (Lipinski definition) is 2. The van der Waals surface area contributed by atoms with Gasteiger partial charge >= 0.3 is 0 Å². The first-order chi connectivity index (χ1) is 9.54. The number of carbonyl (C=O) groups excluding carboxylic acids is 1. The van der Waals surface area contributed by atoms with Crippen LogP contribution in [-0.4, -0.2) is 5.91 Å². The van der Waals surface area contributed by atoms with Crippen LogP contribution >= 0.6 is 0 Å². The second-order valence-electron chi connectivity index (χ2n) is 4.76. The molecule has 0 aliphatic heterocycles. The van der Waals surface area contributed by atoms with Crippen LogP contribution in [0.25, 0.3) is 0 Å². The fraction of sp³-hybridized carbons (Fsp3) is 0.188. The van der Waals surface area contributed by atoms with Gasteiger partial charge in [-0.25, -0.2) is 4.39 Å². The number of anilines is 1. The predicted molar refractivity (Wildman–Crippen MR) is 77.5 cm³/mol. The van der Waals surface area contributed by atoms with E-state index in [1.54, 1.807) is 24.3 Å². The second kappa shape index (κ2) is 6.19. The molecule has 0 fully saturated rings. The SMILES string of the molecule is C[C@@H](NC(=O)Cc1cccc(N)c1)c1ccc(F)cc1. The van der Waals surface area contributed by atoms with E-state index in [1.165, 1.54) is 12.1 Å². The predicted octanol–water partition coefficient (Wildman–Crippen LogP) is 2.83. The van der Waals surface area contributed by atoms with Crippen LogP contribution in [-0.2, 0) is 11.2 Å². The zero-order valence-corrected chi connectivity index (χ0v) is 11.3. The third kappa shape index (κ3) is 3.82. The molecule has 2 aromatic rings. The van der Waals surface area contributed by atoms with E-state index in [9.17, 15) is 9.18 Å². The molecular formula is C16H17FN2O. The fourth-order valence-corrected chi connectivity index (χ4v) is 2.02. The molecule has 104 valence electrons. The molecular weight excluding hydrogens is 255 g/mol. The monoisotopic (exact) mass is 272 g/mol. The highest BCUT2D eigenvalue weighted by atomic mass is 19.1. The largest absolute Gasteiger partial charge is 0.399 e. The molecule has 0 aliphatic rings. The van der Waals surface area contributed by atoms with Crippen molar-refractivity contribution in [2.24, 2.45) is 0 Å². The molecule has 3 nitrogen and oxygen atoms in total. The number of benzene rings is 2. The van der Waals surface area contributed by atoms with E-state index < -0.39 is 0 Å². The summed E-state index contributed by atoms with van der Waals surface area (Å²) in [5.74, 6) is -0.375. The zero-order chi connectivity index (χ0) is 14.5. The van der Waals surface area contributed by atoms with Gasteiger partial charge in [-0.05, 0) is 42.3 Å². The van der Waals surface area contributed by atoms with E-state index >= 15 is 0 Å². The molecule has 2 aromatic carbocycles. The topological polar surface area (TPSA) is 55.1 Å². The van der Waals surface area contributed by atoms with Gasteiger partial charge in [-0.2, -0.15) is 0 Å². The van der Waals surface area contributed by atoms with E-state index in [1.807, 2.05) is 19.1 Å². The lowest BCUT2D eigenvalue weighted by Gasteiger charge is -2.14. The van der Waals surface area contributed by atoms with Gasteiger partial charge in [0, 0.05) is 5.69 Å². The summed E-state index contributed by atoms with van der Waals surface area (Å²) in [7, 11) is 0. The van der Waals surface area contributed by atoms with Crippen molar-refractivity contribution in [3.05, 3.63) is 65.5 Å². The average Bonchev–Trinajstić information content (AvgIpc) is 2.39. The van der Waals surface area contributed by atoms with E-state index in [2.05, 4.69) is 5.32 Å². The number of carbonyl (C=O) groups is 1. The Morgan fingerprint density at radius 3 is 2.60 bits per heavy atom. The molecule has 2 rings (SSSR count). The molecule has 0 saturated carbocycles. The molecule has 0 unspecified atom stereocenters. The van der Waals surface area contributed by atoms with Crippen molar-refractivity contribution in [1.82, 2.24) is 5.32 Å². The summed E-state index contributed by atoms with van der Waals surface area (Å²) in [6, 6.07) is 13.2. The van der Waals surface area contributed by atoms with Crippen molar-refractivity contribution in [2.75, 3.05) is 5.73 Å². The molecule has 1 amide bonds. The van der Waals surface area contributed by atoms with Crippen LogP contribution < -0.4 is 11.1 Å². The van der Waals surface area contributed by atoms with Crippen LogP contribution in [0, 0.1) is 5.82 Å². The number of halogens is 1. The molecule has 0 saturated heterocycles. The first-order valence-electron chi connectivity index (χ1n) is 6.44. The number of nitrogens with one attached hydrogen (secondary N) is 1. The van der Waals surface area contributed by atoms with E-state index in [4.69, 9.17) is 5.73 Å². The van der Waals surface area contributed by atoms with Gasteiger partial charge < -0.3 is 11.1 Å². The van der Waals surface area contributed by atoms with Crippen molar-refractivity contribution in [3.8, 4) is 0 Å². The minimum absolute atomic E-state index is 0.0903. The quantitative estimate of drug-likeness (QED) is 0.841. The number of amides is 1. The van der Waals surface area contributed by atoms with Gasteiger partial charge in [-0.15, -0.1) is 0 Å². The molecule has 20 heavy (non-hydrogen) atoms. The van der Waals surface area contributed by atoms with Gasteiger partial charge in [-0.3, -0.25) is 4.79 Å². The summed E-state index contributed by atoms with van der Waals surface area (Å²) in [5.41, 5.74) is 8.05. The summed E-state index contributed by atoms with van der Waals surface area (Å²) < 4.78 is 12.8. The van der Waals surface area contributed by atoms with Crippen LogP contribution in [0.2, 0.25) is 0 Å². The van der Waals surface area contributed by atoms with E-state index in [0.29, 0.717) is 5.69 Å². The lowest BCUT2D eigenvalue weighted by molar-refractivity contribution is -0.121. The van der Waals surface area contributed by atoms with Gasteiger partial charge in [0.2, 0.25) is 5.91 Å². The summed E-state index contributed by atoms with van der Waals surface area (Å²) in [6.07, 6.45) is 0.274. The van der Waals surface area contributed by atoms with Crippen LogP contribution in [0.15, 0.2) is 48.5 Å². The Morgan fingerprint density at radius 1 is 1.25 bits per heavy atom. The average molecular weight is 272 g/mol. The van der Waals surface area contributed by atoms with E-state index in [0.717, 1.165) is 11.1 Å². The van der Waals surface area contributed by atoms with Gasteiger partial charge in [-0.1, -0.05) is 24.3 Å². The maximum Gasteiger partial charge on any atom is 0.224 e. The molecule has 0 spiro atoms. The van der Waals surface area contributed by atoms with Gasteiger partial charge in [0.15, 0.2) is 0 Å². The van der Waals surface area contributed by atoms with Crippen molar-refractivity contribution in [2.45, 2.75) is 19.4 Å². The Labute approximate surface area is 117 Å².